The lowest BCUT2D eigenvalue weighted by molar-refractivity contribution is 0.0697. The van der Waals surface area contributed by atoms with Gasteiger partial charge in [-0.1, -0.05) is 30.9 Å². The minimum Gasteiger partial charge on any atom is -0.478 e. The maximum atomic E-state index is 11.8. The summed E-state index contributed by atoms with van der Waals surface area (Å²) in [6.45, 7) is 0. The number of carboxylic acid groups (broad SMARTS) is 1. The van der Waals surface area contributed by atoms with Crippen molar-refractivity contribution in [3.05, 3.63) is 28.8 Å². The molecule has 1 fully saturated rings. The molecule has 2 amide bonds. The van der Waals surface area contributed by atoms with Crippen molar-refractivity contribution < 1.29 is 14.7 Å². The summed E-state index contributed by atoms with van der Waals surface area (Å²) in [7, 11) is 0. The van der Waals surface area contributed by atoms with Crippen LogP contribution in [0.1, 0.15) is 42.5 Å². The molecule has 6 heteroatoms. The van der Waals surface area contributed by atoms with Gasteiger partial charge in [0.15, 0.2) is 0 Å². The zero-order chi connectivity index (χ0) is 14.5. The Morgan fingerprint density at radius 3 is 2.50 bits per heavy atom. The first-order chi connectivity index (χ1) is 9.56. The van der Waals surface area contributed by atoms with E-state index in [-0.39, 0.29) is 22.7 Å². The van der Waals surface area contributed by atoms with Crippen molar-refractivity contribution >= 4 is 29.3 Å². The number of carbonyl (C=O) groups is 2. The third-order valence-corrected chi connectivity index (χ3v) is 3.71. The summed E-state index contributed by atoms with van der Waals surface area (Å²) in [6.07, 6.45) is 5.53. The van der Waals surface area contributed by atoms with Gasteiger partial charge in [-0.3, -0.25) is 0 Å². The maximum Gasteiger partial charge on any atom is 0.337 e. The number of rotatable bonds is 3. The first-order valence-electron chi connectivity index (χ1n) is 6.66. The number of halogens is 1. The predicted molar refractivity (Wildman–Crippen MR) is 77.4 cm³/mol. The number of hydrogen-bond acceptors (Lipinski definition) is 2. The molecule has 3 N–H and O–H groups in total. The van der Waals surface area contributed by atoms with Gasteiger partial charge in [0, 0.05) is 11.7 Å². The Bertz CT molecular complexity index is 513. The number of hydrogen-bond donors (Lipinski definition) is 3. The van der Waals surface area contributed by atoms with E-state index in [2.05, 4.69) is 10.6 Å². The summed E-state index contributed by atoms with van der Waals surface area (Å²) in [6, 6.07) is 4.27. The molecule has 1 saturated carbocycles. The Labute approximate surface area is 122 Å². The highest BCUT2D eigenvalue weighted by Crippen LogP contribution is 2.21. The van der Waals surface area contributed by atoms with Crippen LogP contribution in [0.25, 0.3) is 0 Å². The first-order valence-corrected chi connectivity index (χ1v) is 7.04. The first kappa shape index (κ1) is 14.7. The van der Waals surface area contributed by atoms with Gasteiger partial charge in [0.05, 0.1) is 10.6 Å². The Kier molecular flexibility index (Phi) is 4.84. The van der Waals surface area contributed by atoms with E-state index in [1.54, 1.807) is 0 Å². The summed E-state index contributed by atoms with van der Waals surface area (Å²) >= 11 is 5.85. The summed E-state index contributed by atoms with van der Waals surface area (Å²) in [5.74, 6) is -1.09. The van der Waals surface area contributed by atoms with E-state index in [1.165, 1.54) is 24.6 Å². The Morgan fingerprint density at radius 1 is 1.20 bits per heavy atom. The van der Waals surface area contributed by atoms with Crippen LogP contribution in [0.15, 0.2) is 18.2 Å². The van der Waals surface area contributed by atoms with Crippen LogP contribution in [0.2, 0.25) is 5.02 Å². The SMILES string of the molecule is O=C(Nc1ccc(C(=O)O)c(Cl)c1)NC1CCCCC1. The largest absolute Gasteiger partial charge is 0.478 e. The van der Waals surface area contributed by atoms with Gasteiger partial charge in [0.2, 0.25) is 0 Å². The van der Waals surface area contributed by atoms with Crippen LogP contribution >= 0.6 is 11.6 Å². The lowest BCUT2D eigenvalue weighted by Crippen LogP contribution is -2.39. The van der Waals surface area contributed by atoms with E-state index in [0.717, 1.165) is 25.7 Å². The van der Waals surface area contributed by atoms with Crippen molar-refractivity contribution in [2.75, 3.05) is 5.32 Å². The molecule has 0 aliphatic heterocycles. The molecule has 108 valence electrons. The molecule has 0 radical (unpaired) electrons. The smallest absolute Gasteiger partial charge is 0.337 e. The predicted octanol–water partition coefficient (Wildman–Crippen LogP) is 3.49. The number of carboxylic acids is 1. The molecule has 0 bridgehead atoms. The maximum absolute atomic E-state index is 11.8. The molecule has 1 aliphatic rings. The van der Waals surface area contributed by atoms with E-state index in [4.69, 9.17) is 16.7 Å². The van der Waals surface area contributed by atoms with Crippen molar-refractivity contribution in [2.24, 2.45) is 0 Å². The van der Waals surface area contributed by atoms with Crippen molar-refractivity contribution in [2.45, 2.75) is 38.1 Å². The van der Waals surface area contributed by atoms with E-state index in [1.807, 2.05) is 0 Å². The monoisotopic (exact) mass is 296 g/mol. The van der Waals surface area contributed by atoms with Crippen molar-refractivity contribution in [1.29, 1.82) is 0 Å². The van der Waals surface area contributed by atoms with Gasteiger partial charge >= 0.3 is 12.0 Å². The average Bonchev–Trinajstić information content (AvgIpc) is 2.39. The Balaban J connectivity index is 1.93. The number of aromatic carboxylic acids is 1. The molecular formula is C14H17ClN2O3. The molecule has 0 spiro atoms. The van der Waals surface area contributed by atoms with E-state index < -0.39 is 5.97 Å². The van der Waals surface area contributed by atoms with Crippen LogP contribution in [0, 0.1) is 0 Å². The lowest BCUT2D eigenvalue weighted by Gasteiger charge is -2.22. The molecular weight excluding hydrogens is 280 g/mol. The molecule has 20 heavy (non-hydrogen) atoms. The highest BCUT2D eigenvalue weighted by molar-refractivity contribution is 6.33. The van der Waals surface area contributed by atoms with E-state index in [0.29, 0.717) is 5.69 Å². The third-order valence-electron chi connectivity index (χ3n) is 3.40. The normalized spacial score (nSPS) is 15.7. The number of carbonyl (C=O) groups excluding carboxylic acids is 1. The number of nitrogens with one attached hydrogen (secondary N) is 2. The van der Waals surface area contributed by atoms with Gasteiger partial charge in [-0.2, -0.15) is 0 Å². The number of anilines is 1. The molecule has 0 saturated heterocycles. The van der Waals surface area contributed by atoms with Gasteiger partial charge < -0.3 is 15.7 Å². The Hall–Kier alpha value is -1.75. The molecule has 1 aromatic rings. The molecule has 2 rings (SSSR count). The molecule has 0 aromatic heterocycles. The van der Waals surface area contributed by atoms with Crippen LogP contribution in [0.4, 0.5) is 10.5 Å². The van der Waals surface area contributed by atoms with Gasteiger partial charge in [-0.25, -0.2) is 9.59 Å². The van der Waals surface area contributed by atoms with Crippen molar-refractivity contribution in [3.8, 4) is 0 Å². The van der Waals surface area contributed by atoms with E-state index in [9.17, 15) is 9.59 Å². The fraction of sp³-hybridized carbons (Fsp3) is 0.429. The van der Waals surface area contributed by atoms with Crippen LogP contribution in [-0.2, 0) is 0 Å². The van der Waals surface area contributed by atoms with Gasteiger partial charge in [-0.05, 0) is 31.0 Å². The molecule has 1 aliphatic carbocycles. The summed E-state index contributed by atoms with van der Waals surface area (Å²) in [5, 5.41) is 14.6. The minimum absolute atomic E-state index is 0.0184. The van der Waals surface area contributed by atoms with Crippen LogP contribution in [0.3, 0.4) is 0 Å². The van der Waals surface area contributed by atoms with Crippen molar-refractivity contribution in [1.82, 2.24) is 5.32 Å². The fourth-order valence-corrected chi connectivity index (χ4v) is 2.63. The van der Waals surface area contributed by atoms with E-state index >= 15 is 0 Å². The van der Waals surface area contributed by atoms with Crippen molar-refractivity contribution in [3.63, 3.8) is 0 Å². The van der Waals surface area contributed by atoms with Gasteiger partial charge in [-0.15, -0.1) is 0 Å². The molecule has 0 atom stereocenters. The molecule has 1 aromatic carbocycles. The highest BCUT2D eigenvalue weighted by atomic mass is 35.5. The topological polar surface area (TPSA) is 78.4 Å². The second-order valence-corrected chi connectivity index (χ2v) is 5.34. The molecule has 5 nitrogen and oxygen atoms in total. The number of benzene rings is 1. The Morgan fingerprint density at radius 2 is 1.90 bits per heavy atom. The molecule has 0 unspecified atom stereocenters. The minimum atomic E-state index is -1.09. The summed E-state index contributed by atoms with van der Waals surface area (Å²) in [5.41, 5.74) is 0.498. The average molecular weight is 297 g/mol. The van der Waals surface area contributed by atoms with Crippen LogP contribution < -0.4 is 10.6 Å². The lowest BCUT2D eigenvalue weighted by atomic mass is 9.96. The summed E-state index contributed by atoms with van der Waals surface area (Å²) < 4.78 is 0. The quantitative estimate of drug-likeness (QED) is 0.799. The second-order valence-electron chi connectivity index (χ2n) is 4.93. The zero-order valence-electron chi connectivity index (χ0n) is 11.0. The summed E-state index contributed by atoms with van der Waals surface area (Å²) in [4.78, 5) is 22.7. The third kappa shape index (κ3) is 3.87. The molecule has 0 heterocycles. The standard InChI is InChI=1S/C14H17ClN2O3/c15-12-8-10(6-7-11(12)13(18)19)17-14(20)16-9-4-2-1-3-5-9/h6-9H,1-5H2,(H,18,19)(H2,16,17,20). The van der Waals surface area contributed by atoms with Crippen LogP contribution in [-0.4, -0.2) is 23.1 Å². The highest BCUT2D eigenvalue weighted by Gasteiger charge is 2.16. The zero-order valence-corrected chi connectivity index (χ0v) is 11.7. The van der Waals surface area contributed by atoms with Gasteiger partial charge in [0.25, 0.3) is 0 Å². The van der Waals surface area contributed by atoms with Gasteiger partial charge in [0.1, 0.15) is 0 Å². The fourth-order valence-electron chi connectivity index (χ4n) is 2.37. The van der Waals surface area contributed by atoms with Crippen LogP contribution in [0.5, 0.6) is 0 Å². The number of urea groups is 1. The number of amides is 2. The second kappa shape index (κ2) is 6.61.